The van der Waals surface area contributed by atoms with E-state index in [1.165, 1.54) is 56.7 Å². The minimum atomic E-state index is -0.642. The molecule has 1 aromatic carbocycles. The van der Waals surface area contributed by atoms with Crippen LogP contribution in [0.5, 0.6) is 0 Å². The molecule has 1 nitrogen and oxygen atoms in total. The van der Waals surface area contributed by atoms with E-state index in [1.54, 1.807) is 0 Å². The Kier molecular flexibility index (Phi) is 5.02. The molecule has 1 aliphatic carbocycles. The van der Waals surface area contributed by atoms with Gasteiger partial charge in [-0.05, 0) is 30.5 Å². The molecule has 100 valence electrons. The lowest BCUT2D eigenvalue weighted by Crippen LogP contribution is -2.07. The minimum absolute atomic E-state index is 0.339. The number of aliphatic hydroxyl groups is 1. The van der Waals surface area contributed by atoms with Gasteiger partial charge in [0.1, 0.15) is 5.82 Å². The normalized spacial score (nSPS) is 19.5. The number of aliphatic hydroxyl groups excluding tert-OH is 1. The summed E-state index contributed by atoms with van der Waals surface area (Å²) in [5, 5.41) is 10.7. The van der Waals surface area contributed by atoms with Crippen LogP contribution in [0.1, 0.15) is 56.6 Å². The first-order valence-corrected chi connectivity index (χ1v) is 7.17. The van der Waals surface area contributed by atoms with E-state index in [-0.39, 0.29) is 5.82 Å². The summed E-state index contributed by atoms with van der Waals surface area (Å²) < 4.78 is 13.2. The maximum atomic E-state index is 13.2. The zero-order chi connectivity index (χ0) is 13.0. The van der Waals surface area contributed by atoms with E-state index in [0.29, 0.717) is 22.9 Å². The third-order valence-corrected chi connectivity index (χ3v) is 4.19. The molecule has 2 rings (SSSR count). The molecule has 1 N–H and O–H groups in total. The van der Waals surface area contributed by atoms with E-state index in [4.69, 9.17) is 11.6 Å². The predicted molar refractivity (Wildman–Crippen MR) is 72.2 cm³/mol. The number of benzene rings is 1. The molecule has 0 heterocycles. The minimum Gasteiger partial charge on any atom is -0.388 e. The van der Waals surface area contributed by atoms with Gasteiger partial charge in [0.2, 0.25) is 0 Å². The summed E-state index contributed by atoms with van der Waals surface area (Å²) in [5.41, 5.74) is 0.529. The van der Waals surface area contributed by atoms with Crippen LogP contribution in [-0.4, -0.2) is 5.11 Å². The van der Waals surface area contributed by atoms with Crippen molar-refractivity contribution < 1.29 is 9.50 Å². The zero-order valence-corrected chi connectivity index (χ0v) is 11.3. The van der Waals surface area contributed by atoms with Gasteiger partial charge in [0.25, 0.3) is 0 Å². The third-order valence-electron chi connectivity index (χ3n) is 3.85. The van der Waals surface area contributed by atoms with Crippen molar-refractivity contribution in [1.29, 1.82) is 0 Å². The molecule has 0 aromatic heterocycles. The highest BCUT2D eigenvalue weighted by Crippen LogP contribution is 2.33. The van der Waals surface area contributed by atoms with Crippen molar-refractivity contribution in [3.8, 4) is 0 Å². The summed E-state index contributed by atoms with van der Waals surface area (Å²) >= 11 is 6.01. The van der Waals surface area contributed by atoms with Crippen molar-refractivity contribution in [2.24, 2.45) is 5.92 Å². The Morgan fingerprint density at radius 2 is 1.89 bits per heavy atom. The van der Waals surface area contributed by atoms with Gasteiger partial charge < -0.3 is 5.11 Å². The standard InChI is InChI=1S/C15H20ClFO/c16-14-8-7-12(17)10-13(14)15(18)9-11-5-3-1-2-4-6-11/h7-8,10-11,15,18H,1-6,9H2. The van der Waals surface area contributed by atoms with Crippen molar-refractivity contribution in [2.45, 2.75) is 51.0 Å². The van der Waals surface area contributed by atoms with Crippen molar-refractivity contribution >= 4 is 11.6 Å². The molecule has 1 atom stereocenters. The molecular weight excluding hydrogens is 251 g/mol. The van der Waals surface area contributed by atoms with Crippen molar-refractivity contribution in [3.63, 3.8) is 0 Å². The number of hydrogen-bond donors (Lipinski definition) is 1. The summed E-state index contributed by atoms with van der Waals surface area (Å²) in [6.07, 6.45) is 7.48. The Bertz CT molecular complexity index is 386. The molecule has 1 aliphatic rings. The largest absolute Gasteiger partial charge is 0.388 e. The average molecular weight is 271 g/mol. The maximum absolute atomic E-state index is 13.2. The monoisotopic (exact) mass is 270 g/mol. The van der Waals surface area contributed by atoms with Crippen LogP contribution in [0.3, 0.4) is 0 Å². The van der Waals surface area contributed by atoms with Gasteiger partial charge in [-0.25, -0.2) is 4.39 Å². The number of halogens is 2. The Morgan fingerprint density at radius 1 is 1.22 bits per heavy atom. The fourth-order valence-corrected chi connectivity index (χ4v) is 3.06. The smallest absolute Gasteiger partial charge is 0.123 e. The van der Waals surface area contributed by atoms with Gasteiger partial charge in [-0.1, -0.05) is 50.1 Å². The molecule has 1 aromatic rings. The highest BCUT2D eigenvalue weighted by Gasteiger charge is 2.19. The van der Waals surface area contributed by atoms with Gasteiger partial charge in [-0.3, -0.25) is 0 Å². The Morgan fingerprint density at radius 3 is 2.56 bits per heavy atom. The van der Waals surface area contributed by atoms with Crippen molar-refractivity contribution in [1.82, 2.24) is 0 Å². The van der Waals surface area contributed by atoms with Crippen LogP contribution in [0.2, 0.25) is 5.02 Å². The fourth-order valence-electron chi connectivity index (χ4n) is 2.81. The second-order valence-electron chi connectivity index (χ2n) is 5.27. The number of rotatable bonds is 3. The summed E-state index contributed by atoms with van der Waals surface area (Å²) in [5.74, 6) is 0.205. The van der Waals surface area contributed by atoms with Gasteiger partial charge in [-0.15, -0.1) is 0 Å². The first-order valence-electron chi connectivity index (χ1n) is 6.80. The summed E-state index contributed by atoms with van der Waals surface area (Å²) in [7, 11) is 0. The average Bonchev–Trinajstić information content (AvgIpc) is 2.61. The summed E-state index contributed by atoms with van der Waals surface area (Å²) in [6, 6.07) is 4.19. The van der Waals surface area contributed by atoms with Crippen LogP contribution in [0.15, 0.2) is 18.2 Å². The Labute approximate surface area is 113 Å². The van der Waals surface area contributed by atoms with Gasteiger partial charge in [-0.2, -0.15) is 0 Å². The molecule has 3 heteroatoms. The van der Waals surface area contributed by atoms with Gasteiger partial charge >= 0.3 is 0 Å². The van der Waals surface area contributed by atoms with E-state index in [0.717, 1.165) is 0 Å². The van der Waals surface area contributed by atoms with E-state index in [1.807, 2.05) is 0 Å². The van der Waals surface area contributed by atoms with Crippen LogP contribution < -0.4 is 0 Å². The highest BCUT2D eigenvalue weighted by atomic mass is 35.5. The summed E-state index contributed by atoms with van der Waals surface area (Å²) in [6.45, 7) is 0. The molecular formula is C15H20ClFO. The van der Waals surface area contributed by atoms with Crippen LogP contribution in [0.25, 0.3) is 0 Å². The molecule has 0 saturated heterocycles. The molecule has 18 heavy (non-hydrogen) atoms. The zero-order valence-electron chi connectivity index (χ0n) is 10.5. The van der Waals surface area contributed by atoms with E-state index in [9.17, 15) is 9.50 Å². The lowest BCUT2D eigenvalue weighted by Gasteiger charge is -2.19. The van der Waals surface area contributed by atoms with Crippen LogP contribution >= 0.6 is 11.6 Å². The van der Waals surface area contributed by atoms with Crippen molar-refractivity contribution in [3.05, 3.63) is 34.6 Å². The SMILES string of the molecule is OC(CC1CCCCCC1)c1cc(F)ccc1Cl. The van der Waals surface area contributed by atoms with Gasteiger partial charge in [0, 0.05) is 10.6 Å². The summed E-state index contributed by atoms with van der Waals surface area (Å²) in [4.78, 5) is 0. The Balaban J connectivity index is 2.01. The topological polar surface area (TPSA) is 20.2 Å². The van der Waals surface area contributed by atoms with Crippen LogP contribution in [0.4, 0.5) is 4.39 Å². The Hall–Kier alpha value is -0.600. The quantitative estimate of drug-likeness (QED) is 0.777. The molecule has 1 unspecified atom stereocenters. The second-order valence-corrected chi connectivity index (χ2v) is 5.68. The fraction of sp³-hybridized carbons (Fsp3) is 0.600. The molecule has 0 radical (unpaired) electrons. The molecule has 1 fully saturated rings. The second kappa shape index (κ2) is 6.53. The molecule has 1 saturated carbocycles. The molecule has 0 spiro atoms. The highest BCUT2D eigenvalue weighted by molar-refractivity contribution is 6.31. The first kappa shape index (κ1) is 13.8. The van der Waals surface area contributed by atoms with Gasteiger partial charge in [0.05, 0.1) is 6.10 Å². The van der Waals surface area contributed by atoms with E-state index < -0.39 is 6.10 Å². The van der Waals surface area contributed by atoms with E-state index in [2.05, 4.69) is 0 Å². The maximum Gasteiger partial charge on any atom is 0.123 e. The lowest BCUT2D eigenvalue weighted by atomic mass is 9.91. The van der Waals surface area contributed by atoms with Crippen LogP contribution in [0, 0.1) is 11.7 Å². The third kappa shape index (κ3) is 3.69. The van der Waals surface area contributed by atoms with Gasteiger partial charge in [0.15, 0.2) is 0 Å². The lowest BCUT2D eigenvalue weighted by molar-refractivity contribution is 0.139. The molecule has 0 aliphatic heterocycles. The first-order chi connectivity index (χ1) is 8.66. The molecule has 0 bridgehead atoms. The van der Waals surface area contributed by atoms with Crippen LogP contribution in [-0.2, 0) is 0 Å². The number of hydrogen-bond acceptors (Lipinski definition) is 1. The van der Waals surface area contributed by atoms with Crippen molar-refractivity contribution in [2.75, 3.05) is 0 Å². The van der Waals surface area contributed by atoms with E-state index >= 15 is 0 Å². The molecule has 0 amide bonds. The predicted octanol–water partition coefficient (Wildman–Crippen LogP) is 4.87.